The molecule has 5 heteroatoms. The van der Waals surface area contributed by atoms with Crippen LogP contribution in [0.2, 0.25) is 5.02 Å². The van der Waals surface area contributed by atoms with E-state index < -0.39 is 0 Å². The summed E-state index contributed by atoms with van der Waals surface area (Å²) in [5.41, 5.74) is 0.597. The highest BCUT2D eigenvalue weighted by molar-refractivity contribution is 6.30. The number of halogens is 2. The molecule has 0 unspecified atom stereocenters. The molecule has 0 aliphatic carbocycles. The number of amides is 1. The van der Waals surface area contributed by atoms with Crippen molar-refractivity contribution in [3.8, 4) is 0 Å². The highest BCUT2D eigenvalue weighted by atomic mass is 35.5. The van der Waals surface area contributed by atoms with Crippen molar-refractivity contribution in [1.29, 1.82) is 0 Å². The molecule has 0 spiro atoms. The first-order chi connectivity index (χ1) is 9.52. The van der Waals surface area contributed by atoms with Gasteiger partial charge in [-0.25, -0.2) is 4.39 Å². The average molecular weight is 299 g/mol. The largest absolute Gasteiger partial charge is 0.344 e. The first-order valence-corrected chi connectivity index (χ1v) is 7.34. The quantitative estimate of drug-likeness (QED) is 0.926. The van der Waals surface area contributed by atoms with Crippen LogP contribution in [0.25, 0.3) is 0 Å². The molecular formula is C15H20ClFN2O. The Morgan fingerprint density at radius 1 is 1.55 bits per heavy atom. The number of carbonyl (C=O) groups is 1. The van der Waals surface area contributed by atoms with Crippen molar-refractivity contribution in [3.63, 3.8) is 0 Å². The maximum Gasteiger partial charge on any atom is 0.222 e. The summed E-state index contributed by atoms with van der Waals surface area (Å²) in [4.78, 5) is 13.2. The van der Waals surface area contributed by atoms with E-state index in [-0.39, 0.29) is 28.8 Å². The topological polar surface area (TPSA) is 32.3 Å². The van der Waals surface area contributed by atoms with Crippen molar-refractivity contribution < 1.29 is 9.18 Å². The van der Waals surface area contributed by atoms with Crippen molar-refractivity contribution in [2.45, 2.75) is 38.3 Å². The first-order valence-electron chi connectivity index (χ1n) is 6.96. The summed E-state index contributed by atoms with van der Waals surface area (Å²) < 4.78 is 14.1. The zero-order valence-corrected chi connectivity index (χ0v) is 12.6. The van der Waals surface area contributed by atoms with E-state index in [1.807, 2.05) is 6.92 Å². The molecule has 2 rings (SSSR count). The highest BCUT2D eigenvalue weighted by Gasteiger charge is 2.26. The summed E-state index contributed by atoms with van der Waals surface area (Å²) in [5.74, 6) is -0.182. The lowest BCUT2D eigenvalue weighted by Crippen LogP contribution is -2.47. The van der Waals surface area contributed by atoms with Crippen molar-refractivity contribution in [1.82, 2.24) is 10.2 Å². The molecule has 2 atom stereocenters. The summed E-state index contributed by atoms with van der Waals surface area (Å²) in [6.45, 7) is 2.67. The molecule has 1 saturated heterocycles. The Balaban J connectivity index is 2.09. The maximum atomic E-state index is 14.1. The standard InChI is InChI=1S/C15H20ClFN2O/c1-3-13(11-5-4-6-12(16)15(11)17)18-10-7-8-14(20)19(2)9-10/h4-6,10,13,18H,3,7-9H2,1-2H3/t10-,13-/m0/s1. The fourth-order valence-electron chi connectivity index (χ4n) is 2.65. The van der Waals surface area contributed by atoms with Gasteiger partial charge in [0.1, 0.15) is 5.82 Å². The smallest absolute Gasteiger partial charge is 0.222 e. The second kappa shape index (κ2) is 6.55. The molecule has 1 aromatic carbocycles. The third-order valence-corrected chi connectivity index (χ3v) is 4.12. The Labute approximate surface area is 124 Å². The molecule has 0 bridgehead atoms. The zero-order chi connectivity index (χ0) is 14.7. The molecule has 20 heavy (non-hydrogen) atoms. The van der Waals surface area contributed by atoms with Crippen molar-refractivity contribution in [2.24, 2.45) is 0 Å². The molecule has 1 aromatic rings. The van der Waals surface area contributed by atoms with E-state index in [0.29, 0.717) is 18.5 Å². The van der Waals surface area contributed by atoms with Crippen LogP contribution >= 0.6 is 11.6 Å². The molecule has 0 radical (unpaired) electrons. The van der Waals surface area contributed by atoms with Gasteiger partial charge in [-0.1, -0.05) is 30.7 Å². The van der Waals surface area contributed by atoms with E-state index in [4.69, 9.17) is 11.6 Å². The van der Waals surface area contributed by atoms with E-state index in [2.05, 4.69) is 5.32 Å². The molecule has 1 aliphatic rings. The number of nitrogens with one attached hydrogen (secondary N) is 1. The predicted octanol–water partition coefficient (Wildman–Crippen LogP) is 3.14. The van der Waals surface area contributed by atoms with Crippen LogP contribution in [0.5, 0.6) is 0 Å². The molecule has 0 saturated carbocycles. The second-order valence-corrected chi connectivity index (χ2v) is 5.69. The van der Waals surface area contributed by atoms with Gasteiger partial charge in [0.25, 0.3) is 0 Å². The SMILES string of the molecule is CC[C@H](N[C@H]1CCC(=O)N(C)C1)c1cccc(Cl)c1F. The molecule has 0 aromatic heterocycles. The number of hydrogen-bond donors (Lipinski definition) is 1. The van der Waals surface area contributed by atoms with Crippen LogP contribution in [0, 0.1) is 5.82 Å². The Kier molecular flexibility index (Phi) is 5.00. The number of likely N-dealkylation sites (tertiary alicyclic amines) is 1. The number of nitrogens with zero attached hydrogens (tertiary/aromatic N) is 1. The summed E-state index contributed by atoms with van der Waals surface area (Å²) in [6.07, 6.45) is 2.11. The lowest BCUT2D eigenvalue weighted by molar-refractivity contribution is -0.132. The van der Waals surface area contributed by atoms with E-state index in [1.165, 1.54) is 0 Å². The van der Waals surface area contributed by atoms with Crippen LogP contribution in [0.1, 0.15) is 37.8 Å². The summed E-state index contributed by atoms with van der Waals surface area (Å²) in [6, 6.07) is 5.20. The lowest BCUT2D eigenvalue weighted by Gasteiger charge is -2.33. The van der Waals surface area contributed by atoms with Crippen molar-refractivity contribution in [2.75, 3.05) is 13.6 Å². The van der Waals surface area contributed by atoms with Crippen LogP contribution in [0.3, 0.4) is 0 Å². The van der Waals surface area contributed by atoms with E-state index in [0.717, 1.165) is 12.8 Å². The number of piperidine rings is 1. The van der Waals surface area contributed by atoms with Crippen LogP contribution in [-0.4, -0.2) is 30.4 Å². The fraction of sp³-hybridized carbons (Fsp3) is 0.533. The molecule has 1 heterocycles. The number of hydrogen-bond acceptors (Lipinski definition) is 2. The third kappa shape index (κ3) is 3.30. The van der Waals surface area contributed by atoms with Gasteiger partial charge >= 0.3 is 0 Å². The van der Waals surface area contributed by atoms with Crippen LogP contribution in [0.15, 0.2) is 18.2 Å². The average Bonchev–Trinajstić information content (AvgIpc) is 2.43. The minimum absolute atomic E-state index is 0.0831. The van der Waals surface area contributed by atoms with Gasteiger partial charge in [0, 0.05) is 37.7 Å². The monoisotopic (exact) mass is 298 g/mol. The Morgan fingerprint density at radius 2 is 2.30 bits per heavy atom. The number of rotatable bonds is 4. The van der Waals surface area contributed by atoms with E-state index in [9.17, 15) is 9.18 Å². The lowest BCUT2D eigenvalue weighted by atomic mass is 9.99. The number of likely N-dealkylation sites (N-methyl/N-ethyl adjacent to an activating group) is 1. The number of carbonyl (C=O) groups excluding carboxylic acids is 1. The van der Waals surface area contributed by atoms with Crippen molar-refractivity contribution >= 4 is 17.5 Å². The third-order valence-electron chi connectivity index (χ3n) is 3.83. The molecule has 1 amide bonds. The summed E-state index contributed by atoms with van der Waals surface area (Å²) in [7, 11) is 1.80. The highest BCUT2D eigenvalue weighted by Crippen LogP contribution is 2.26. The molecule has 1 N–H and O–H groups in total. The first kappa shape index (κ1) is 15.3. The Bertz CT molecular complexity index is 495. The van der Waals surface area contributed by atoms with Gasteiger partial charge in [-0.2, -0.15) is 0 Å². The predicted molar refractivity (Wildman–Crippen MR) is 78.2 cm³/mol. The van der Waals surface area contributed by atoms with Gasteiger partial charge in [-0.3, -0.25) is 4.79 Å². The normalized spacial score (nSPS) is 21.1. The molecule has 1 aliphatic heterocycles. The van der Waals surface area contributed by atoms with Gasteiger partial charge in [0.05, 0.1) is 5.02 Å². The van der Waals surface area contributed by atoms with Crippen LogP contribution in [-0.2, 0) is 4.79 Å². The van der Waals surface area contributed by atoms with E-state index in [1.54, 1.807) is 30.1 Å². The maximum absolute atomic E-state index is 14.1. The van der Waals surface area contributed by atoms with E-state index >= 15 is 0 Å². The molecule has 3 nitrogen and oxygen atoms in total. The van der Waals surface area contributed by atoms with Gasteiger partial charge in [0.2, 0.25) is 5.91 Å². The van der Waals surface area contributed by atoms with Crippen LogP contribution < -0.4 is 5.32 Å². The second-order valence-electron chi connectivity index (χ2n) is 5.28. The Hall–Kier alpha value is -1.13. The van der Waals surface area contributed by atoms with Gasteiger partial charge in [0.15, 0.2) is 0 Å². The van der Waals surface area contributed by atoms with Gasteiger partial charge in [-0.15, -0.1) is 0 Å². The van der Waals surface area contributed by atoms with Crippen molar-refractivity contribution in [3.05, 3.63) is 34.6 Å². The Morgan fingerprint density at radius 3 is 2.95 bits per heavy atom. The fourth-order valence-corrected chi connectivity index (χ4v) is 2.83. The summed E-state index contributed by atoms with van der Waals surface area (Å²) >= 11 is 5.84. The molecule has 110 valence electrons. The molecular weight excluding hydrogens is 279 g/mol. The van der Waals surface area contributed by atoms with Crippen LogP contribution in [0.4, 0.5) is 4.39 Å². The number of benzene rings is 1. The van der Waals surface area contributed by atoms with Gasteiger partial charge < -0.3 is 10.2 Å². The zero-order valence-electron chi connectivity index (χ0n) is 11.8. The minimum Gasteiger partial charge on any atom is -0.344 e. The van der Waals surface area contributed by atoms with Gasteiger partial charge in [-0.05, 0) is 18.9 Å². The summed E-state index contributed by atoms with van der Waals surface area (Å²) in [5, 5.41) is 3.60. The molecule has 1 fully saturated rings. The minimum atomic E-state index is -0.353.